The highest BCUT2D eigenvalue weighted by molar-refractivity contribution is 7.25. The lowest BCUT2D eigenvalue weighted by Gasteiger charge is -2.34. The van der Waals surface area contributed by atoms with Gasteiger partial charge in [-0.1, -0.05) is 182 Å². The molecular weight excluding hydrogens is 875 g/mol. The number of rotatable bonds is 6. The minimum atomic E-state index is -0.507. The van der Waals surface area contributed by atoms with Crippen molar-refractivity contribution in [2.45, 2.75) is 5.41 Å². The number of furan rings is 2. The van der Waals surface area contributed by atoms with Gasteiger partial charge in [-0.05, 0) is 87.0 Å². The normalized spacial score (nSPS) is 13.0. The summed E-state index contributed by atoms with van der Waals surface area (Å²) < 4.78 is 15.5. The number of benzene rings is 10. The molecule has 0 N–H and O–H groups in total. The average Bonchev–Trinajstić information content (AvgIpc) is 4.19. The molecule has 0 fully saturated rings. The molecule has 1 aliphatic carbocycles. The van der Waals surface area contributed by atoms with Crippen LogP contribution in [0, 0.1) is 0 Å². The second kappa shape index (κ2) is 15.0. The lowest BCUT2D eigenvalue weighted by molar-refractivity contribution is 0.668. The third-order valence-corrected chi connectivity index (χ3v) is 15.6. The van der Waals surface area contributed by atoms with Crippen LogP contribution in [0.3, 0.4) is 0 Å². The summed E-state index contributed by atoms with van der Waals surface area (Å²) in [6.45, 7) is 0. The first kappa shape index (κ1) is 39.1. The Hall–Kier alpha value is -8.97. The predicted molar refractivity (Wildman–Crippen MR) is 286 cm³/mol. The second-order valence-corrected chi connectivity index (χ2v) is 19.2. The monoisotopic (exact) mass is 911 g/mol. The van der Waals surface area contributed by atoms with Gasteiger partial charge in [-0.2, -0.15) is 0 Å². The van der Waals surface area contributed by atoms with Gasteiger partial charge < -0.3 is 8.83 Å². The maximum Gasteiger partial charge on any atom is 0.164 e. The fourth-order valence-corrected chi connectivity index (χ4v) is 12.6. The lowest BCUT2D eigenvalue weighted by Crippen LogP contribution is -2.28. The van der Waals surface area contributed by atoms with E-state index in [9.17, 15) is 0 Å². The van der Waals surface area contributed by atoms with Gasteiger partial charge in [0.15, 0.2) is 17.5 Å². The van der Waals surface area contributed by atoms with Crippen LogP contribution in [0.4, 0.5) is 0 Å². The zero-order valence-corrected chi connectivity index (χ0v) is 38.2. The van der Waals surface area contributed by atoms with E-state index in [2.05, 4.69) is 182 Å². The average molecular weight is 912 g/mol. The van der Waals surface area contributed by atoms with Gasteiger partial charge in [-0.15, -0.1) is 11.3 Å². The third kappa shape index (κ3) is 5.62. The number of hydrogen-bond donors (Lipinski definition) is 0. The number of hydrogen-bond acceptors (Lipinski definition) is 6. The molecule has 0 spiro atoms. The van der Waals surface area contributed by atoms with Crippen molar-refractivity contribution >= 4 is 75.4 Å². The maximum absolute atomic E-state index is 6.72. The molecule has 70 heavy (non-hydrogen) atoms. The number of fused-ring (bicyclic) bond motifs is 12. The van der Waals surface area contributed by atoms with E-state index in [0.29, 0.717) is 17.5 Å². The van der Waals surface area contributed by atoms with E-state index in [-0.39, 0.29) is 0 Å². The Kier molecular flexibility index (Phi) is 8.38. The first-order valence-electron chi connectivity index (χ1n) is 23.6. The van der Waals surface area contributed by atoms with Gasteiger partial charge in [-0.3, -0.25) is 0 Å². The molecule has 4 heterocycles. The van der Waals surface area contributed by atoms with Crippen LogP contribution < -0.4 is 0 Å². The molecule has 1 aliphatic rings. The molecule has 0 saturated heterocycles. The van der Waals surface area contributed by atoms with Crippen molar-refractivity contribution in [3.63, 3.8) is 0 Å². The molecule has 4 aromatic heterocycles. The summed E-state index contributed by atoms with van der Waals surface area (Å²) in [5, 5.41) is 6.39. The van der Waals surface area contributed by atoms with E-state index >= 15 is 0 Å². The minimum Gasteiger partial charge on any atom is -0.456 e. The van der Waals surface area contributed by atoms with Crippen LogP contribution in [0.15, 0.2) is 233 Å². The molecule has 6 heteroatoms. The Bertz CT molecular complexity index is 4390. The highest BCUT2D eigenvalue weighted by Gasteiger charge is 2.46. The quantitative estimate of drug-likeness (QED) is 0.166. The van der Waals surface area contributed by atoms with Crippen molar-refractivity contribution in [2.75, 3.05) is 0 Å². The van der Waals surface area contributed by atoms with Gasteiger partial charge in [0, 0.05) is 58.4 Å². The summed E-state index contributed by atoms with van der Waals surface area (Å²) in [7, 11) is 0. The Balaban J connectivity index is 0.958. The van der Waals surface area contributed by atoms with Crippen LogP contribution in [0.2, 0.25) is 0 Å². The molecule has 0 amide bonds. The third-order valence-electron chi connectivity index (χ3n) is 14.4. The molecule has 10 aromatic carbocycles. The minimum absolute atomic E-state index is 0.507. The van der Waals surface area contributed by atoms with E-state index in [1.54, 1.807) is 11.3 Å². The van der Waals surface area contributed by atoms with Crippen LogP contribution in [-0.4, -0.2) is 15.0 Å². The second-order valence-electron chi connectivity index (χ2n) is 18.1. The summed E-state index contributed by atoms with van der Waals surface area (Å²) in [5.74, 6) is 1.72. The van der Waals surface area contributed by atoms with E-state index in [1.807, 2.05) is 42.5 Å². The Morgan fingerprint density at radius 3 is 1.61 bits per heavy atom. The molecule has 0 radical (unpaired) electrons. The fourth-order valence-electron chi connectivity index (χ4n) is 11.5. The topological polar surface area (TPSA) is 65.0 Å². The van der Waals surface area contributed by atoms with Gasteiger partial charge in [0.1, 0.15) is 22.3 Å². The van der Waals surface area contributed by atoms with Crippen LogP contribution in [-0.2, 0) is 5.41 Å². The van der Waals surface area contributed by atoms with Crippen LogP contribution in [0.1, 0.15) is 22.3 Å². The first-order chi connectivity index (χ1) is 34.7. The van der Waals surface area contributed by atoms with Crippen molar-refractivity contribution in [3.8, 4) is 56.4 Å². The predicted octanol–water partition coefficient (Wildman–Crippen LogP) is 17.1. The number of aromatic nitrogens is 3. The van der Waals surface area contributed by atoms with Crippen molar-refractivity contribution in [1.29, 1.82) is 0 Å². The van der Waals surface area contributed by atoms with Crippen LogP contribution in [0.25, 0.3) is 120 Å². The number of nitrogens with zero attached hydrogens (tertiary/aromatic N) is 3. The van der Waals surface area contributed by atoms with Gasteiger partial charge in [0.05, 0.1) is 5.41 Å². The first-order valence-corrected chi connectivity index (χ1v) is 24.4. The molecule has 14 aromatic rings. The zero-order valence-electron chi connectivity index (χ0n) is 37.4. The highest BCUT2D eigenvalue weighted by Crippen LogP contribution is 2.58. The molecule has 0 bridgehead atoms. The van der Waals surface area contributed by atoms with E-state index in [1.165, 1.54) is 53.6 Å². The SMILES string of the molecule is c1ccc(C2(c3ccccc3)c3ccccc3-c3c(-c4ccc5oc6cccc(-c7nc(-c8ccc9c(c8)sc8ccccc89)nc(-c8cccc9oc%10ccccc%10c89)n7)c6c5c4)cccc32)cc1. The molecule has 326 valence electrons. The van der Waals surface area contributed by atoms with Crippen molar-refractivity contribution in [2.24, 2.45) is 0 Å². The van der Waals surface area contributed by atoms with Crippen molar-refractivity contribution < 1.29 is 8.83 Å². The van der Waals surface area contributed by atoms with Gasteiger partial charge in [0.25, 0.3) is 0 Å². The number of thiophene rings is 1. The number of para-hydroxylation sites is 1. The van der Waals surface area contributed by atoms with E-state index in [0.717, 1.165) is 71.7 Å². The highest BCUT2D eigenvalue weighted by atomic mass is 32.1. The van der Waals surface area contributed by atoms with Gasteiger partial charge in [0.2, 0.25) is 0 Å². The van der Waals surface area contributed by atoms with E-state index < -0.39 is 5.41 Å². The fraction of sp³-hybridized carbons (Fsp3) is 0.0156. The maximum atomic E-state index is 6.72. The molecule has 5 nitrogen and oxygen atoms in total. The molecule has 0 aliphatic heterocycles. The summed E-state index contributed by atoms with van der Waals surface area (Å²) >= 11 is 1.78. The van der Waals surface area contributed by atoms with Gasteiger partial charge >= 0.3 is 0 Å². The Morgan fingerprint density at radius 2 is 0.857 bits per heavy atom. The van der Waals surface area contributed by atoms with Crippen LogP contribution in [0.5, 0.6) is 0 Å². The zero-order chi connectivity index (χ0) is 45.9. The summed E-state index contributed by atoms with van der Waals surface area (Å²) in [6, 6.07) is 79.9. The summed E-state index contributed by atoms with van der Waals surface area (Å²) in [4.78, 5) is 16.1. The molecule has 0 unspecified atom stereocenters. The molecule has 15 rings (SSSR count). The van der Waals surface area contributed by atoms with Gasteiger partial charge in [-0.25, -0.2) is 15.0 Å². The summed E-state index contributed by atoms with van der Waals surface area (Å²) in [6.07, 6.45) is 0. The van der Waals surface area contributed by atoms with E-state index in [4.69, 9.17) is 23.8 Å². The standard InChI is InChI=1S/C64H37N3O2S/c1-3-16-40(17-4-1)64(41-18-5-2-6-19-41)50-26-10-7-21-45(50)58-42(23-13-27-51(58)64)38-33-35-53-49(36-38)60-48(25-15-30-55(60)69-53)63-66-61(39-32-34-44-43-20-9-12-31-56(43)70-57(44)37-39)65-62(67-63)47-24-14-29-54-59(47)46-22-8-11-28-52(46)68-54/h1-37H. The lowest BCUT2D eigenvalue weighted by atomic mass is 9.67. The molecule has 0 atom stereocenters. The van der Waals surface area contributed by atoms with Crippen molar-refractivity contribution in [3.05, 3.63) is 247 Å². The smallest absolute Gasteiger partial charge is 0.164 e. The molecular formula is C64H37N3O2S. The Labute approximate surface area is 405 Å². The van der Waals surface area contributed by atoms with Crippen molar-refractivity contribution in [1.82, 2.24) is 15.0 Å². The molecule has 0 saturated carbocycles. The van der Waals surface area contributed by atoms with Crippen LogP contribution >= 0.6 is 11.3 Å². The Morgan fingerprint density at radius 1 is 0.329 bits per heavy atom. The summed E-state index contributed by atoms with van der Waals surface area (Å²) in [5.41, 5.74) is 15.1. The largest absolute Gasteiger partial charge is 0.456 e.